The van der Waals surface area contributed by atoms with E-state index in [1.54, 1.807) is 11.8 Å². The zero-order chi connectivity index (χ0) is 12.8. The average Bonchev–Trinajstić information content (AvgIpc) is 2.40. The minimum absolute atomic E-state index is 0.953. The highest BCUT2D eigenvalue weighted by atomic mass is 32.2. The van der Waals surface area contributed by atoms with E-state index in [-0.39, 0.29) is 0 Å². The Hall–Kier alpha value is -1.48. The van der Waals surface area contributed by atoms with Gasteiger partial charge in [0.1, 0.15) is 10.8 Å². The predicted molar refractivity (Wildman–Crippen MR) is 78.3 cm³/mol. The van der Waals surface area contributed by atoms with E-state index < -0.39 is 0 Å². The normalized spacial score (nSPS) is 10.3. The molecule has 0 fully saturated rings. The number of nitrogens with one attached hydrogen (secondary N) is 1. The summed E-state index contributed by atoms with van der Waals surface area (Å²) >= 11 is 1.69. The minimum atomic E-state index is 0.953. The summed E-state index contributed by atoms with van der Waals surface area (Å²) in [5.74, 6) is 0.953. The largest absolute Gasteiger partial charge is 0.370 e. The molecule has 0 unspecified atom stereocenters. The van der Waals surface area contributed by atoms with Crippen LogP contribution in [0.2, 0.25) is 0 Å². The first-order valence-electron chi connectivity index (χ1n) is 6.23. The van der Waals surface area contributed by atoms with Crippen molar-refractivity contribution >= 4 is 17.6 Å². The fraction of sp³-hybridized carbons (Fsp3) is 0.267. The second-order valence-corrected chi connectivity index (χ2v) is 5.30. The van der Waals surface area contributed by atoms with Crippen molar-refractivity contribution in [1.82, 2.24) is 4.98 Å². The molecule has 0 radical (unpaired) electrons. The van der Waals surface area contributed by atoms with Crippen LogP contribution in [-0.2, 0) is 0 Å². The van der Waals surface area contributed by atoms with Crippen LogP contribution >= 0.6 is 11.8 Å². The van der Waals surface area contributed by atoms with Gasteiger partial charge in [-0.25, -0.2) is 4.98 Å². The highest BCUT2D eigenvalue weighted by molar-refractivity contribution is 7.99. The molecule has 2 aromatic rings. The average molecular weight is 258 g/mol. The molecule has 0 bridgehead atoms. The van der Waals surface area contributed by atoms with Crippen LogP contribution in [0.1, 0.15) is 18.9 Å². The summed E-state index contributed by atoms with van der Waals surface area (Å²) < 4.78 is 0. The van der Waals surface area contributed by atoms with Gasteiger partial charge < -0.3 is 5.32 Å². The van der Waals surface area contributed by atoms with Crippen LogP contribution in [-0.4, -0.2) is 11.5 Å². The third-order valence-electron chi connectivity index (χ3n) is 2.52. The van der Waals surface area contributed by atoms with Crippen molar-refractivity contribution in [3.05, 3.63) is 48.0 Å². The summed E-state index contributed by atoms with van der Waals surface area (Å²) in [7, 11) is 0. The Morgan fingerprint density at radius 1 is 1.11 bits per heavy atom. The summed E-state index contributed by atoms with van der Waals surface area (Å²) in [6.07, 6.45) is 1.11. The highest BCUT2D eigenvalue weighted by Crippen LogP contribution is 2.26. The quantitative estimate of drug-likeness (QED) is 0.862. The molecule has 0 aliphatic rings. The van der Waals surface area contributed by atoms with Crippen LogP contribution in [0.3, 0.4) is 0 Å². The zero-order valence-electron chi connectivity index (χ0n) is 10.8. The Balaban J connectivity index is 2.06. The number of benzene rings is 1. The summed E-state index contributed by atoms with van der Waals surface area (Å²) in [4.78, 5) is 5.80. The predicted octanol–water partition coefficient (Wildman–Crippen LogP) is 4.36. The molecule has 0 atom stereocenters. The number of pyridine rings is 1. The Bertz CT molecular complexity index is 494. The van der Waals surface area contributed by atoms with Crippen molar-refractivity contribution in [2.24, 2.45) is 0 Å². The monoisotopic (exact) mass is 258 g/mol. The van der Waals surface area contributed by atoms with Gasteiger partial charge in [-0.05, 0) is 37.6 Å². The van der Waals surface area contributed by atoms with E-state index in [4.69, 9.17) is 0 Å². The van der Waals surface area contributed by atoms with Crippen LogP contribution in [0.25, 0.3) is 0 Å². The van der Waals surface area contributed by atoms with Gasteiger partial charge in [0.25, 0.3) is 0 Å². The molecule has 0 saturated heterocycles. The second kappa shape index (κ2) is 6.45. The van der Waals surface area contributed by atoms with Crippen molar-refractivity contribution in [1.29, 1.82) is 0 Å². The van der Waals surface area contributed by atoms with Crippen LogP contribution in [0.5, 0.6) is 0 Å². The standard InChI is InChI=1S/C15H18N2S/c1-3-11-16-14-5-4-6-15(17-14)18-13-9-7-12(2)8-10-13/h4-10H,3,11H2,1-2H3,(H,16,17). The van der Waals surface area contributed by atoms with Crippen LogP contribution in [0.15, 0.2) is 52.4 Å². The number of hydrogen-bond donors (Lipinski definition) is 1. The van der Waals surface area contributed by atoms with Gasteiger partial charge in [0.2, 0.25) is 0 Å². The smallest absolute Gasteiger partial charge is 0.127 e. The van der Waals surface area contributed by atoms with Gasteiger partial charge in [0.05, 0.1) is 0 Å². The molecule has 0 amide bonds. The number of aryl methyl sites for hydroxylation is 1. The molecule has 1 heterocycles. The van der Waals surface area contributed by atoms with Gasteiger partial charge in [0.15, 0.2) is 0 Å². The third kappa shape index (κ3) is 3.77. The summed E-state index contributed by atoms with van der Waals surface area (Å²) in [5.41, 5.74) is 1.28. The lowest BCUT2D eigenvalue weighted by atomic mass is 10.2. The van der Waals surface area contributed by atoms with E-state index >= 15 is 0 Å². The second-order valence-electron chi connectivity index (χ2n) is 4.20. The maximum absolute atomic E-state index is 4.58. The molecule has 1 aromatic carbocycles. The molecule has 0 aliphatic heterocycles. The Morgan fingerprint density at radius 3 is 2.61 bits per heavy atom. The molecule has 0 aliphatic carbocycles. The number of nitrogens with zero attached hydrogens (tertiary/aromatic N) is 1. The molecule has 3 heteroatoms. The van der Waals surface area contributed by atoms with Crippen LogP contribution < -0.4 is 5.32 Å². The van der Waals surface area contributed by atoms with Gasteiger partial charge in [-0.2, -0.15) is 0 Å². The molecule has 0 spiro atoms. The van der Waals surface area contributed by atoms with Gasteiger partial charge in [-0.15, -0.1) is 0 Å². The number of anilines is 1. The third-order valence-corrected chi connectivity index (χ3v) is 3.47. The van der Waals surface area contributed by atoms with Gasteiger partial charge in [-0.1, -0.05) is 42.4 Å². The summed E-state index contributed by atoms with van der Waals surface area (Å²) in [6.45, 7) is 5.21. The SMILES string of the molecule is CCCNc1cccc(Sc2ccc(C)cc2)n1. The lowest BCUT2D eigenvalue weighted by molar-refractivity contribution is 0.960. The molecular weight excluding hydrogens is 240 g/mol. The maximum Gasteiger partial charge on any atom is 0.127 e. The Kier molecular flexibility index (Phi) is 4.65. The fourth-order valence-electron chi connectivity index (χ4n) is 1.55. The molecular formula is C15H18N2S. The summed E-state index contributed by atoms with van der Waals surface area (Å²) in [5, 5.41) is 4.33. The zero-order valence-corrected chi connectivity index (χ0v) is 11.6. The van der Waals surface area contributed by atoms with Crippen LogP contribution in [0.4, 0.5) is 5.82 Å². The van der Waals surface area contributed by atoms with E-state index in [1.807, 2.05) is 18.2 Å². The first-order chi connectivity index (χ1) is 8.78. The molecule has 1 N–H and O–H groups in total. The van der Waals surface area contributed by atoms with E-state index in [0.717, 1.165) is 23.8 Å². The van der Waals surface area contributed by atoms with Crippen molar-refractivity contribution < 1.29 is 0 Å². The van der Waals surface area contributed by atoms with Crippen molar-refractivity contribution in [2.75, 3.05) is 11.9 Å². The topological polar surface area (TPSA) is 24.9 Å². The molecule has 94 valence electrons. The lowest BCUT2D eigenvalue weighted by Crippen LogP contribution is -2.01. The van der Waals surface area contributed by atoms with Gasteiger partial charge in [-0.3, -0.25) is 0 Å². The molecule has 2 rings (SSSR count). The van der Waals surface area contributed by atoms with Gasteiger partial charge >= 0.3 is 0 Å². The molecule has 0 saturated carbocycles. The number of rotatable bonds is 5. The van der Waals surface area contributed by atoms with Crippen molar-refractivity contribution in [2.45, 2.75) is 30.2 Å². The first-order valence-corrected chi connectivity index (χ1v) is 7.05. The van der Waals surface area contributed by atoms with Crippen molar-refractivity contribution in [3.8, 4) is 0 Å². The fourth-order valence-corrected chi connectivity index (χ4v) is 2.35. The lowest BCUT2D eigenvalue weighted by Gasteiger charge is -2.06. The van der Waals surface area contributed by atoms with E-state index in [1.165, 1.54) is 10.5 Å². The first kappa shape index (κ1) is 13.0. The minimum Gasteiger partial charge on any atom is -0.370 e. The summed E-state index contributed by atoms with van der Waals surface area (Å²) in [6, 6.07) is 14.6. The number of aromatic nitrogens is 1. The van der Waals surface area contributed by atoms with Gasteiger partial charge in [0, 0.05) is 11.4 Å². The van der Waals surface area contributed by atoms with Crippen LogP contribution in [0, 0.1) is 6.92 Å². The van der Waals surface area contributed by atoms with Crippen molar-refractivity contribution in [3.63, 3.8) is 0 Å². The molecule has 18 heavy (non-hydrogen) atoms. The number of hydrogen-bond acceptors (Lipinski definition) is 3. The Morgan fingerprint density at radius 2 is 1.89 bits per heavy atom. The molecule has 2 nitrogen and oxygen atoms in total. The van der Waals surface area contributed by atoms with E-state index in [9.17, 15) is 0 Å². The molecule has 1 aromatic heterocycles. The van der Waals surface area contributed by atoms with E-state index in [2.05, 4.69) is 48.4 Å². The maximum atomic E-state index is 4.58. The van der Waals surface area contributed by atoms with E-state index in [0.29, 0.717) is 0 Å². The Labute approximate surface area is 113 Å². The highest BCUT2D eigenvalue weighted by Gasteiger charge is 2.00.